The number of methoxy groups -OCH3 is 1. The van der Waals surface area contributed by atoms with Crippen molar-refractivity contribution >= 4 is 17.0 Å². The summed E-state index contributed by atoms with van der Waals surface area (Å²) in [6, 6.07) is 10.2. The molecule has 140 valence electrons. The summed E-state index contributed by atoms with van der Waals surface area (Å²) in [6.45, 7) is 1.92. The van der Waals surface area contributed by atoms with Crippen molar-refractivity contribution in [2.45, 2.75) is 13.5 Å². The number of hydrogen-bond donors (Lipinski definition) is 0. The Morgan fingerprint density at radius 3 is 2.75 bits per heavy atom. The lowest BCUT2D eigenvalue weighted by Gasteiger charge is -2.05. The Balaban J connectivity index is 1.82. The maximum atomic E-state index is 14.1. The van der Waals surface area contributed by atoms with Gasteiger partial charge in [-0.2, -0.15) is 5.10 Å². The van der Waals surface area contributed by atoms with Crippen molar-refractivity contribution in [1.29, 1.82) is 0 Å². The third kappa shape index (κ3) is 3.09. The van der Waals surface area contributed by atoms with Gasteiger partial charge in [0.25, 0.3) is 0 Å². The minimum Gasteiger partial charge on any atom is -0.465 e. The highest BCUT2D eigenvalue weighted by molar-refractivity contribution is 5.91. The highest BCUT2D eigenvalue weighted by Gasteiger charge is 2.19. The molecule has 0 amide bonds. The average molecular weight is 377 g/mol. The predicted molar refractivity (Wildman–Crippen MR) is 100 cm³/mol. The van der Waals surface area contributed by atoms with Crippen molar-refractivity contribution in [1.82, 2.24) is 24.7 Å². The first-order valence-electron chi connectivity index (χ1n) is 8.55. The van der Waals surface area contributed by atoms with Crippen LogP contribution in [0.1, 0.15) is 21.6 Å². The van der Waals surface area contributed by atoms with E-state index in [2.05, 4.69) is 20.1 Å². The summed E-state index contributed by atoms with van der Waals surface area (Å²) < 4.78 is 20.4. The number of esters is 1. The second-order valence-corrected chi connectivity index (χ2v) is 6.16. The van der Waals surface area contributed by atoms with Crippen molar-refractivity contribution in [3.63, 3.8) is 0 Å². The number of aromatic nitrogens is 5. The number of hydrogen-bond acceptors (Lipinski definition) is 6. The fraction of sp³-hybridized carbons (Fsp3) is 0.150. The maximum Gasteiger partial charge on any atom is 0.341 e. The lowest BCUT2D eigenvalue weighted by Crippen LogP contribution is -2.08. The summed E-state index contributed by atoms with van der Waals surface area (Å²) in [7, 11) is 1.30. The molecule has 3 heterocycles. The third-order valence-electron chi connectivity index (χ3n) is 4.38. The van der Waals surface area contributed by atoms with Crippen LogP contribution in [0.2, 0.25) is 0 Å². The van der Waals surface area contributed by atoms with Gasteiger partial charge in [-0.05, 0) is 25.1 Å². The number of ether oxygens (including phenoxy) is 1. The van der Waals surface area contributed by atoms with E-state index in [1.165, 1.54) is 19.4 Å². The highest BCUT2D eigenvalue weighted by Crippen LogP contribution is 2.25. The Labute approximate surface area is 159 Å². The van der Waals surface area contributed by atoms with Gasteiger partial charge in [-0.3, -0.25) is 0 Å². The van der Waals surface area contributed by atoms with Crippen molar-refractivity contribution in [2.24, 2.45) is 0 Å². The molecule has 0 aliphatic rings. The number of carbonyl (C=O) groups excluding carboxylic acids is 1. The standard InChI is InChI=1S/C20H16FN5O2/c1-12-15(20(27)28-2)10-23-18(24-12)17-14-7-5-9-22-19(14)26(25-17)11-13-6-3-4-8-16(13)21/h3-10H,11H2,1-2H3. The largest absolute Gasteiger partial charge is 0.465 e. The monoisotopic (exact) mass is 377 g/mol. The van der Waals surface area contributed by atoms with Crippen LogP contribution in [0.3, 0.4) is 0 Å². The van der Waals surface area contributed by atoms with Gasteiger partial charge in [-0.25, -0.2) is 28.8 Å². The first kappa shape index (κ1) is 17.7. The first-order chi connectivity index (χ1) is 13.6. The van der Waals surface area contributed by atoms with E-state index in [9.17, 15) is 9.18 Å². The second kappa shape index (κ2) is 7.15. The first-order valence-corrected chi connectivity index (χ1v) is 8.55. The van der Waals surface area contributed by atoms with Crippen LogP contribution in [0.5, 0.6) is 0 Å². The number of nitrogens with zero attached hydrogens (tertiary/aromatic N) is 5. The van der Waals surface area contributed by atoms with E-state index in [0.29, 0.717) is 34.0 Å². The highest BCUT2D eigenvalue weighted by atomic mass is 19.1. The van der Waals surface area contributed by atoms with Gasteiger partial charge in [0.1, 0.15) is 11.5 Å². The third-order valence-corrected chi connectivity index (χ3v) is 4.38. The minimum absolute atomic E-state index is 0.222. The molecule has 0 bridgehead atoms. The summed E-state index contributed by atoms with van der Waals surface area (Å²) in [4.78, 5) is 24.8. The van der Waals surface area contributed by atoms with E-state index >= 15 is 0 Å². The molecule has 0 unspecified atom stereocenters. The fourth-order valence-electron chi connectivity index (χ4n) is 2.96. The van der Waals surface area contributed by atoms with Crippen molar-refractivity contribution in [2.75, 3.05) is 7.11 Å². The molecule has 0 aliphatic heterocycles. The van der Waals surface area contributed by atoms with E-state index in [1.54, 1.807) is 42.1 Å². The number of rotatable bonds is 4. The van der Waals surface area contributed by atoms with Gasteiger partial charge in [0.15, 0.2) is 11.5 Å². The zero-order chi connectivity index (χ0) is 19.7. The molecule has 1 aromatic carbocycles. The van der Waals surface area contributed by atoms with Crippen LogP contribution in [0.15, 0.2) is 48.8 Å². The molecule has 8 heteroatoms. The van der Waals surface area contributed by atoms with Gasteiger partial charge in [0.2, 0.25) is 0 Å². The second-order valence-electron chi connectivity index (χ2n) is 6.16. The normalized spacial score (nSPS) is 11.0. The molecular formula is C20H16FN5O2. The minimum atomic E-state index is -0.499. The Hall–Kier alpha value is -3.68. The Kier molecular flexibility index (Phi) is 4.52. The van der Waals surface area contributed by atoms with Gasteiger partial charge < -0.3 is 4.74 Å². The zero-order valence-corrected chi connectivity index (χ0v) is 15.3. The number of benzene rings is 1. The maximum absolute atomic E-state index is 14.1. The van der Waals surface area contributed by atoms with Gasteiger partial charge in [0, 0.05) is 18.0 Å². The predicted octanol–water partition coefficient (Wildman–Crippen LogP) is 3.17. The van der Waals surface area contributed by atoms with Gasteiger partial charge >= 0.3 is 5.97 Å². The fourth-order valence-corrected chi connectivity index (χ4v) is 2.96. The number of aryl methyl sites for hydroxylation is 1. The topological polar surface area (TPSA) is 82.8 Å². The molecule has 0 spiro atoms. The summed E-state index contributed by atoms with van der Waals surface area (Å²) in [6.07, 6.45) is 3.07. The van der Waals surface area contributed by atoms with Crippen molar-refractivity contribution < 1.29 is 13.9 Å². The molecule has 0 radical (unpaired) electrons. The molecule has 0 atom stereocenters. The molecule has 4 aromatic rings. The van der Waals surface area contributed by atoms with Crippen molar-refractivity contribution in [3.05, 3.63) is 71.4 Å². The van der Waals surface area contributed by atoms with E-state index < -0.39 is 5.97 Å². The molecular weight excluding hydrogens is 361 g/mol. The van der Waals surface area contributed by atoms with Crippen LogP contribution in [0.25, 0.3) is 22.6 Å². The zero-order valence-electron chi connectivity index (χ0n) is 15.3. The smallest absolute Gasteiger partial charge is 0.341 e. The van der Waals surface area contributed by atoms with Gasteiger partial charge in [0.05, 0.1) is 30.3 Å². The van der Waals surface area contributed by atoms with Crippen LogP contribution in [-0.2, 0) is 11.3 Å². The number of pyridine rings is 1. The molecule has 0 saturated heterocycles. The lowest BCUT2D eigenvalue weighted by atomic mass is 10.2. The Morgan fingerprint density at radius 1 is 1.18 bits per heavy atom. The SMILES string of the molecule is COC(=O)c1cnc(-c2nn(Cc3ccccc3F)c3ncccc23)nc1C. The van der Waals surface area contributed by atoms with E-state index in [0.717, 1.165) is 5.39 Å². The quantitative estimate of drug-likeness (QED) is 0.508. The van der Waals surface area contributed by atoms with E-state index in [1.807, 2.05) is 6.07 Å². The molecule has 0 aliphatic carbocycles. The molecule has 0 fully saturated rings. The van der Waals surface area contributed by atoms with Crippen LogP contribution in [0.4, 0.5) is 4.39 Å². The molecule has 3 aromatic heterocycles. The number of fused-ring (bicyclic) bond motifs is 1. The van der Waals surface area contributed by atoms with Crippen molar-refractivity contribution in [3.8, 4) is 11.5 Å². The summed E-state index contributed by atoms with van der Waals surface area (Å²) in [5.74, 6) is -0.450. The average Bonchev–Trinajstić information content (AvgIpc) is 3.08. The Bertz CT molecular complexity index is 1190. The van der Waals surface area contributed by atoms with Gasteiger partial charge in [-0.1, -0.05) is 18.2 Å². The van der Waals surface area contributed by atoms with Crippen LogP contribution < -0.4 is 0 Å². The molecule has 28 heavy (non-hydrogen) atoms. The number of carbonyl (C=O) groups is 1. The Morgan fingerprint density at radius 2 is 2.00 bits per heavy atom. The van der Waals surface area contributed by atoms with E-state index in [-0.39, 0.29) is 12.4 Å². The summed E-state index contributed by atoms with van der Waals surface area (Å²) >= 11 is 0. The van der Waals surface area contributed by atoms with Gasteiger partial charge in [-0.15, -0.1) is 0 Å². The number of halogens is 1. The summed E-state index contributed by atoms with van der Waals surface area (Å²) in [5, 5.41) is 5.32. The molecule has 7 nitrogen and oxygen atoms in total. The summed E-state index contributed by atoms with van der Waals surface area (Å²) in [5.41, 5.74) is 2.39. The van der Waals surface area contributed by atoms with Crippen LogP contribution in [-0.4, -0.2) is 37.8 Å². The lowest BCUT2D eigenvalue weighted by molar-refractivity contribution is 0.0599. The van der Waals surface area contributed by atoms with Crippen LogP contribution >= 0.6 is 0 Å². The molecule has 0 N–H and O–H groups in total. The molecule has 4 rings (SSSR count). The molecule has 0 saturated carbocycles. The van der Waals surface area contributed by atoms with Crippen LogP contribution in [0, 0.1) is 12.7 Å². The van der Waals surface area contributed by atoms with E-state index in [4.69, 9.17) is 4.74 Å².